The Balaban J connectivity index is 1.88. The molecule has 5 heteroatoms. The minimum absolute atomic E-state index is 0.183. The zero-order valence-corrected chi connectivity index (χ0v) is 12.4. The molecule has 1 atom stereocenters. The lowest BCUT2D eigenvalue weighted by molar-refractivity contribution is -0.143. The second-order valence-corrected chi connectivity index (χ2v) is 6.57. The van der Waals surface area contributed by atoms with E-state index >= 15 is 0 Å². The van der Waals surface area contributed by atoms with E-state index in [1.165, 1.54) is 24.2 Å². The molecule has 0 spiro atoms. The van der Waals surface area contributed by atoms with Crippen molar-refractivity contribution >= 4 is 12.0 Å². The number of piperidine rings is 1. The highest BCUT2D eigenvalue weighted by atomic mass is 16.4. The Morgan fingerprint density at radius 2 is 1.90 bits per heavy atom. The first-order valence-electron chi connectivity index (χ1n) is 7.79. The number of aliphatic carboxylic acids is 1. The van der Waals surface area contributed by atoms with E-state index in [1.54, 1.807) is 0 Å². The van der Waals surface area contributed by atoms with Crippen LogP contribution in [-0.4, -0.2) is 41.1 Å². The highest BCUT2D eigenvalue weighted by molar-refractivity contribution is 5.82. The minimum Gasteiger partial charge on any atom is -0.480 e. The molecule has 1 heterocycles. The molecule has 1 saturated carbocycles. The molecule has 2 rings (SSSR count). The zero-order chi connectivity index (χ0) is 14.6. The maximum atomic E-state index is 12.2. The van der Waals surface area contributed by atoms with Crippen molar-refractivity contribution in [1.82, 2.24) is 10.2 Å². The number of likely N-dealkylation sites (tertiary alicyclic amines) is 1. The van der Waals surface area contributed by atoms with Crippen molar-refractivity contribution in [3.05, 3.63) is 0 Å². The van der Waals surface area contributed by atoms with Crippen molar-refractivity contribution < 1.29 is 14.7 Å². The van der Waals surface area contributed by atoms with Gasteiger partial charge in [0, 0.05) is 13.1 Å². The van der Waals surface area contributed by atoms with Crippen LogP contribution in [0.1, 0.15) is 58.3 Å². The lowest BCUT2D eigenvalue weighted by atomic mass is 9.76. The molecular weight excluding hydrogens is 256 g/mol. The van der Waals surface area contributed by atoms with E-state index in [9.17, 15) is 14.7 Å². The standard InChI is InChI=1S/C15H26N2O3/c1-15(8-4-2-5-9-15)11-16-14(20)17-10-6-3-7-12(17)13(18)19/h12H,2-11H2,1H3,(H,16,20)(H,18,19). The molecule has 0 aromatic heterocycles. The van der Waals surface area contributed by atoms with Crippen molar-refractivity contribution in [1.29, 1.82) is 0 Å². The summed E-state index contributed by atoms with van der Waals surface area (Å²) < 4.78 is 0. The van der Waals surface area contributed by atoms with Gasteiger partial charge in [-0.3, -0.25) is 0 Å². The van der Waals surface area contributed by atoms with Crippen LogP contribution in [0.25, 0.3) is 0 Å². The van der Waals surface area contributed by atoms with Gasteiger partial charge in [0.25, 0.3) is 0 Å². The van der Waals surface area contributed by atoms with Crippen LogP contribution >= 0.6 is 0 Å². The summed E-state index contributed by atoms with van der Waals surface area (Å²) in [5.41, 5.74) is 0.183. The first kappa shape index (κ1) is 15.1. The lowest BCUT2D eigenvalue weighted by Gasteiger charge is -2.36. The van der Waals surface area contributed by atoms with Gasteiger partial charge in [0.1, 0.15) is 6.04 Å². The first-order chi connectivity index (χ1) is 9.52. The summed E-state index contributed by atoms with van der Waals surface area (Å²) in [7, 11) is 0. The van der Waals surface area contributed by atoms with Gasteiger partial charge in [0.15, 0.2) is 0 Å². The number of nitrogens with one attached hydrogen (secondary N) is 1. The smallest absolute Gasteiger partial charge is 0.326 e. The highest BCUT2D eigenvalue weighted by Crippen LogP contribution is 2.35. The van der Waals surface area contributed by atoms with Gasteiger partial charge in [-0.1, -0.05) is 26.2 Å². The van der Waals surface area contributed by atoms with Gasteiger partial charge in [0.05, 0.1) is 0 Å². The molecule has 5 nitrogen and oxygen atoms in total. The molecule has 0 aromatic rings. The third kappa shape index (κ3) is 3.64. The predicted molar refractivity (Wildman–Crippen MR) is 76.6 cm³/mol. The molecule has 2 fully saturated rings. The lowest BCUT2D eigenvalue weighted by Crippen LogP contribution is -2.53. The Bertz CT molecular complexity index is 364. The van der Waals surface area contributed by atoms with E-state index in [2.05, 4.69) is 12.2 Å². The van der Waals surface area contributed by atoms with Gasteiger partial charge in [-0.2, -0.15) is 0 Å². The van der Waals surface area contributed by atoms with Crippen LogP contribution in [0.2, 0.25) is 0 Å². The van der Waals surface area contributed by atoms with Gasteiger partial charge >= 0.3 is 12.0 Å². The number of rotatable bonds is 3. The normalized spacial score (nSPS) is 26.1. The SMILES string of the molecule is CC1(CNC(=O)N2CCCCC2C(=O)O)CCCCC1. The average Bonchev–Trinajstić information content (AvgIpc) is 2.45. The van der Waals surface area contributed by atoms with Gasteiger partial charge in [-0.05, 0) is 37.5 Å². The Morgan fingerprint density at radius 3 is 2.55 bits per heavy atom. The molecule has 114 valence electrons. The molecule has 1 saturated heterocycles. The fourth-order valence-electron chi connectivity index (χ4n) is 3.40. The van der Waals surface area contributed by atoms with Gasteiger partial charge in [-0.15, -0.1) is 0 Å². The molecule has 0 aromatic carbocycles. The van der Waals surface area contributed by atoms with Crippen molar-refractivity contribution in [2.75, 3.05) is 13.1 Å². The minimum atomic E-state index is -0.885. The maximum absolute atomic E-state index is 12.2. The Hall–Kier alpha value is -1.26. The van der Waals surface area contributed by atoms with E-state index in [0.29, 0.717) is 19.5 Å². The first-order valence-corrected chi connectivity index (χ1v) is 7.79. The number of carboxylic acids is 1. The number of carbonyl (C=O) groups excluding carboxylic acids is 1. The molecule has 1 aliphatic heterocycles. The molecule has 2 N–H and O–H groups in total. The van der Waals surface area contributed by atoms with E-state index in [0.717, 1.165) is 25.7 Å². The van der Waals surface area contributed by atoms with E-state index in [4.69, 9.17) is 0 Å². The molecule has 20 heavy (non-hydrogen) atoms. The Labute approximate surface area is 120 Å². The van der Waals surface area contributed by atoms with Crippen LogP contribution < -0.4 is 5.32 Å². The zero-order valence-electron chi connectivity index (χ0n) is 12.4. The fraction of sp³-hybridized carbons (Fsp3) is 0.867. The van der Waals surface area contributed by atoms with Crippen LogP contribution in [0.3, 0.4) is 0 Å². The quantitative estimate of drug-likeness (QED) is 0.836. The third-order valence-corrected chi connectivity index (χ3v) is 4.78. The number of carboxylic acid groups (broad SMARTS) is 1. The van der Waals surface area contributed by atoms with Crippen molar-refractivity contribution in [3.8, 4) is 0 Å². The second-order valence-electron chi connectivity index (χ2n) is 6.57. The van der Waals surface area contributed by atoms with Crippen molar-refractivity contribution in [2.24, 2.45) is 5.41 Å². The maximum Gasteiger partial charge on any atom is 0.326 e. The molecule has 2 amide bonds. The molecule has 1 aliphatic carbocycles. The van der Waals surface area contributed by atoms with E-state index < -0.39 is 12.0 Å². The fourth-order valence-corrected chi connectivity index (χ4v) is 3.40. The average molecular weight is 282 g/mol. The summed E-state index contributed by atoms with van der Waals surface area (Å²) in [6, 6.07) is -0.855. The number of hydrogen-bond acceptors (Lipinski definition) is 2. The Morgan fingerprint density at radius 1 is 1.20 bits per heavy atom. The summed E-state index contributed by atoms with van der Waals surface area (Å²) in [4.78, 5) is 25.0. The number of nitrogens with zero attached hydrogens (tertiary/aromatic N) is 1. The van der Waals surface area contributed by atoms with Gasteiger partial charge in [-0.25, -0.2) is 9.59 Å². The molecular formula is C15H26N2O3. The largest absolute Gasteiger partial charge is 0.480 e. The summed E-state index contributed by atoms with van der Waals surface area (Å²) in [5, 5.41) is 12.2. The van der Waals surface area contributed by atoms with Crippen LogP contribution in [-0.2, 0) is 4.79 Å². The molecule has 0 radical (unpaired) electrons. The third-order valence-electron chi connectivity index (χ3n) is 4.78. The van der Waals surface area contributed by atoms with E-state index in [1.807, 2.05) is 0 Å². The van der Waals surface area contributed by atoms with Crippen LogP contribution in [0.15, 0.2) is 0 Å². The number of amides is 2. The molecule has 2 aliphatic rings. The summed E-state index contributed by atoms with van der Waals surface area (Å²) in [5.74, 6) is -0.885. The van der Waals surface area contributed by atoms with Crippen molar-refractivity contribution in [3.63, 3.8) is 0 Å². The summed E-state index contributed by atoms with van der Waals surface area (Å²) >= 11 is 0. The summed E-state index contributed by atoms with van der Waals surface area (Å²) in [6.45, 7) is 3.44. The van der Waals surface area contributed by atoms with Gasteiger partial charge in [0.2, 0.25) is 0 Å². The number of urea groups is 1. The van der Waals surface area contributed by atoms with Crippen LogP contribution in [0.5, 0.6) is 0 Å². The van der Waals surface area contributed by atoms with Crippen LogP contribution in [0, 0.1) is 5.41 Å². The Kier molecular flexibility index (Phi) is 4.89. The van der Waals surface area contributed by atoms with Crippen LogP contribution in [0.4, 0.5) is 4.79 Å². The topological polar surface area (TPSA) is 69.6 Å². The van der Waals surface area contributed by atoms with Gasteiger partial charge < -0.3 is 15.3 Å². The summed E-state index contributed by atoms with van der Waals surface area (Å²) in [6.07, 6.45) is 8.40. The highest BCUT2D eigenvalue weighted by Gasteiger charge is 2.33. The molecule has 1 unspecified atom stereocenters. The molecule has 0 bridgehead atoms. The predicted octanol–water partition coefficient (Wildman–Crippen LogP) is 2.61. The number of carbonyl (C=O) groups is 2. The monoisotopic (exact) mass is 282 g/mol. The van der Waals surface area contributed by atoms with E-state index in [-0.39, 0.29) is 11.4 Å². The number of hydrogen-bond donors (Lipinski definition) is 2. The van der Waals surface area contributed by atoms with Crippen molar-refractivity contribution in [2.45, 2.75) is 64.3 Å². The second kappa shape index (κ2) is 6.46.